The van der Waals surface area contributed by atoms with Crippen LogP contribution in [0.25, 0.3) is 0 Å². The molecule has 1 rings (SSSR count). The molecule has 1 N–H and O–H groups in total. The molecule has 0 heterocycles. The quantitative estimate of drug-likeness (QED) is 0.706. The van der Waals surface area contributed by atoms with Crippen LogP contribution in [0, 0.1) is 0 Å². The van der Waals surface area contributed by atoms with E-state index in [1.54, 1.807) is 0 Å². The van der Waals surface area contributed by atoms with Crippen molar-refractivity contribution >= 4 is 5.97 Å². The van der Waals surface area contributed by atoms with Crippen molar-refractivity contribution in [2.45, 2.75) is 64.1 Å². The Morgan fingerprint density at radius 2 is 2.07 bits per heavy atom. The standard InChI is InChI=1S/C11H20O3/c1-2-9(12)8-11(13)14-10-6-4-3-5-7-10/h9-10,12H,2-8H2,1H3. The van der Waals surface area contributed by atoms with Gasteiger partial charge in [0.05, 0.1) is 12.5 Å². The monoisotopic (exact) mass is 200 g/mol. The minimum Gasteiger partial charge on any atom is -0.462 e. The molecule has 1 unspecified atom stereocenters. The lowest BCUT2D eigenvalue weighted by Crippen LogP contribution is -2.23. The molecule has 0 aromatic heterocycles. The fourth-order valence-electron chi connectivity index (χ4n) is 1.75. The number of rotatable bonds is 4. The molecule has 0 aromatic carbocycles. The Balaban J connectivity index is 2.18. The van der Waals surface area contributed by atoms with E-state index in [0.717, 1.165) is 25.7 Å². The Hall–Kier alpha value is -0.570. The third kappa shape index (κ3) is 4.09. The van der Waals surface area contributed by atoms with Crippen molar-refractivity contribution in [3.8, 4) is 0 Å². The van der Waals surface area contributed by atoms with Gasteiger partial charge in [0.15, 0.2) is 0 Å². The van der Waals surface area contributed by atoms with Crippen LogP contribution in [0.4, 0.5) is 0 Å². The minimum absolute atomic E-state index is 0.111. The van der Waals surface area contributed by atoms with Gasteiger partial charge >= 0.3 is 5.97 Å². The van der Waals surface area contributed by atoms with Gasteiger partial charge in [-0.05, 0) is 32.1 Å². The Kier molecular flexibility index (Phi) is 4.94. The van der Waals surface area contributed by atoms with Crippen LogP contribution in [0.5, 0.6) is 0 Å². The Morgan fingerprint density at radius 3 is 2.64 bits per heavy atom. The van der Waals surface area contributed by atoms with Crippen molar-refractivity contribution in [3.05, 3.63) is 0 Å². The first-order valence-corrected chi connectivity index (χ1v) is 5.60. The number of aliphatic hydroxyl groups is 1. The largest absolute Gasteiger partial charge is 0.462 e. The molecular formula is C11H20O3. The van der Waals surface area contributed by atoms with Gasteiger partial charge < -0.3 is 9.84 Å². The van der Waals surface area contributed by atoms with Gasteiger partial charge in [0.2, 0.25) is 0 Å². The van der Waals surface area contributed by atoms with E-state index >= 15 is 0 Å². The number of hydrogen-bond acceptors (Lipinski definition) is 3. The van der Waals surface area contributed by atoms with Gasteiger partial charge in [0, 0.05) is 0 Å². The van der Waals surface area contributed by atoms with Gasteiger partial charge in [0.25, 0.3) is 0 Å². The van der Waals surface area contributed by atoms with Crippen LogP contribution in [0.15, 0.2) is 0 Å². The summed E-state index contributed by atoms with van der Waals surface area (Å²) in [5, 5.41) is 9.26. The summed E-state index contributed by atoms with van der Waals surface area (Å²) in [6.45, 7) is 1.86. The lowest BCUT2D eigenvalue weighted by Gasteiger charge is -2.22. The predicted molar refractivity (Wildman–Crippen MR) is 53.9 cm³/mol. The topological polar surface area (TPSA) is 46.5 Å². The highest BCUT2D eigenvalue weighted by atomic mass is 16.5. The predicted octanol–water partition coefficient (Wildman–Crippen LogP) is 2.02. The summed E-state index contributed by atoms with van der Waals surface area (Å²) in [4.78, 5) is 11.3. The summed E-state index contributed by atoms with van der Waals surface area (Å²) >= 11 is 0. The molecule has 0 saturated heterocycles. The lowest BCUT2D eigenvalue weighted by molar-refractivity contribution is -0.152. The SMILES string of the molecule is CCC(O)CC(=O)OC1CCCCC1. The van der Waals surface area contributed by atoms with E-state index in [4.69, 9.17) is 4.74 Å². The van der Waals surface area contributed by atoms with Crippen LogP contribution in [-0.2, 0) is 9.53 Å². The minimum atomic E-state index is -0.536. The average Bonchev–Trinajstić information content (AvgIpc) is 2.19. The molecule has 0 bridgehead atoms. The maximum atomic E-state index is 11.3. The third-order valence-corrected chi connectivity index (χ3v) is 2.72. The van der Waals surface area contributed by atoms with Gasteiger partial charge in [-0.15, -0.1) is 0 Å². The molecule has 0 aliphatic heterocycles. The molecular weight excluding hydrogens is 180 g/mol. The van der Waals surface area contributed by atoms with Crippen LogP contribution >= 0.6 is 0 Å². The molecule has 1 aliphatic rings. The van der Waals surface area contributed by atoms with Gasteiger partial charge in [-0.25, -0.2) is 0 Å². The van der Waals surface area contributed by atoms with Crippen LogP contribution in [0.2, 0.25) is 0 Å². The van der Waals surface area contributed by atoms with Gasteiger partial charge in [-0.1, -0.05) is 13.3 Å². The van der Waals surface area contributed by atoms with Gasteiger partial charge in [-0.3, -0.25) is 4.79 Å². The molecule has 3 heteroatoms. The van der Waals surface area contributed by atoms with E-state index < -0.39 is 6.10 Å². The fourth-order valence-corrected chi connectivity index (χ4v) is 1.75. The number of carbonyl (C=O) groups is 1. The molecule has 1 atom stereocenters. The average molecular weight is 200 g/mol. The zero-order chi connectivity index (χ0) is 10.4. The van der Waals surface area contributed by atoms with Crippen molar-refractivity contribution in [3.63, 3.8) is 0 Å². The van der Waals surface area contributed by atoms with E-state index in [2.05, 4.69) is 0 Å². The zero-order valence-corrected chi connectivity index (χ0v) is 8.87. The maximum Gasteiger partial charge on any atom is 0.308 e. The number of ether oxygens (including phenoxy) is 1. The summed E-state index contributed by atoms with van der Waals surface area (Å²) in [5.74, 6) is -0.244. The first-order valence-electron chi connectivity index (χ1n) is 5.60. The second kappa shape index (κ2) is 6.02. The fraction of sp³-hybridized carbons (Fsp3) is 0.909. The summed E-state index contributed by atoms with van der Waals surface area (Å²) in [5.41, 5.74) is 0. The lowest BCUT2D eigenvalue weighted by atomic mass is 9.98. The second-order valence-electron chi connectivity index (χ2n) is 4.02. The van der Waals surface area contributed by atoms with Gasteiger partial charge in [-0.2, -0.15) is 0 Å². The summed E-state index contributed by atoms with van der Waals surface area (Å²) < 4.78 is 5.26. The summed E-state index contributed by atoms with van der Waals surface area (Å²) in [7, 11) is 0. The number of aliphatic hydroxyl groups excluding tert-OH is 1. The molecule has 0 spiro atoms. The number of esters is 1. The van der Waals surface area contributed by atoms with E-state index in [9.17, 15) is 9.90 Å². The van der Waals surface area contributed by atoms with Crippen LogP contribution in [-0.4, -0.2) is 23.3 Å². The van der Waals surface area contributed by atoms with Crippen molar-refractivity contribution < 1.29 is 14.6 Å². The smallest absolute Gasteiger partial charge is 0.308 e. The second-order valence-corrected chi connectivity index (χ2v) is 4.02. The van der Waals surface area contributed by atoms with Crippen molar-refractivity contribution in [2.75, 3.05) is 0 Å². The molecule has 82 valence electrons. The van der Waals surface area contributed by atoms with Crippen LogP contribution in [0.3, 0.4) is 0 Å². The summed E-state index contributed by atoms with van der Waals surface area (Å²) in [6.07, 6.45) is 5.90. The molecule has 1 fully saturated rings. The highest BCUT2D eigenvalue weighted by Gasteiger charge is 2.18. The van der Waals surface area contributed by atoms with Crippen molar-refractivity contribution in [2.24, 2.45) is 0 Å². The highest BCUT2D eigenvalue weighted by molar-refractivity contribution is 5.70. The molecule has 1 saturated carbocycles. The Bertz CT molecular complexity index is 173. The summed E-state index contributed by atoms with van der Waals surface area (Å²) in [6, 6.07) is 0. The molecule has 0 amide bonds. The Labute approximate surface area is 85.5 Å². The van der Waals surface area contributed by atoms with Crippen molar-refractivity contribution in [1.29, 1.82) is 0 Å². The van der Waals surface area contributed by atoms with E-state index in [1.165, 1.54) is 6.42 Å². The zero-order valence-electron chi connectivity index (χ0n) is 8.87. The molecule has 3 nitrogen and oxygen atoms in total. The van der Waals surface area contributed by atoms with Gasteiger partial charge in [0.1, 0.15) is 6.10 Å². The molecule has 0 radical (unpaired) electrons. The van der Waals surface area contributed by atoms with Crippen LogP contribution < -0.4 is 0 Å². The third-order valence-electron chi connectivity index (χ3n) is 2.72. The molecule has 1 aliphatic carbocycles. The number of carbonyl (C=O) groups excluding carboxylic acids is 1. The number of hydrogen-bond donors (Lipinski definition) is 1. The Morgan fingerprint density at radius 1 is 1.43 bits per heavy atom. The highest BCUT2D eigenvalue weighted by Crippen LogP contribution is 2.20. The molecule has 14 heavy (non-hydrogen) atoms. The maximum absolute atomic E-state index is 11.3. The van der Waals surface area contributed by atoms with E-state index in [-0.39, 0.29) is 18.5 Å². The molecule has 0 aromatic rings. The normalized spacial score (nSPS) is 20.4. The first-order chi connectivity index (χ1) is 6.72. The van der Waals surface area contributed by atoms with E-state index in [0.29, 0.717) is 6.42 Å². The van der Waals surface area contributed by atoms with E-state index in [1.807, 2.05) is 6.92 Å². The first kappa shape index (κ1) is 11.5. The van der Waals surface area contributed by atoms with Crippen molar-refractivity contribution in [1.82, 2.24) is 0 Å². The van der Waals surface area contributed by atoms with Crippen LogP contribution in [0.1, 0.15) is 51.9 Å².